The molecule has 0 spiro atoms. The summed E-state index contributed by atoms with van der Waals surface area (Å²) in [5.41, 5.74) is 0.745. The highest BCUT2D eigenvalue weighted by atomic mass is 19.1. The SMILES string of the molecule is Fc1ccccc1CCC1CO[C]=N1. The number of hydrogen-bond donors (Lipinski definition) is 0. The third-order valence-electron chi connectivity index (χ3n) is 2.28. The van der Waals surface area contributed by atoms with Gasteiger partial charge < -0.3 is 4.74 Å². The Balaban J connectivity index is 1.91. The van der Waals surface area contributed by atoms with E-state index in [0.717, 1.165) is 12.0 Å². The lowest BCUT2D eigenvalue weighted by atomic mass is 10.1. The minimum Gasteiger partial charge on any atom is -0.472 e. The molecular weight excluding hydrogens is 181 g/mol. The van der Waals surface area contributed by atoms with Gasteiger partial charge in [-0.05, 0) is 24.5 Å². The predicted molar refractivity (Wildman–Crippen MR) is 51.9 cm³/mol. The van der Waals surface area contributed by atoms with E-state index < -0.39 is 0 Å². The molecule has 1 unspecified atom stereocenters. The van der Waals surface area contributed by atoms with Gasteiger partial charge in [-0.15, -0.1) is 0 Å². The van der Waals surface area contributed by atoms with Crippen molar-refractivity contribution in [2.75, 3.05) is 6.61 Å². The van der Waals surface area contributed by atoms with Crippen LogP contribution in [0.2, 0.25) is 0 Å². The fourth-order valence-electron chi connectivity index (χ4n) is 1.45. The molecule has 0 aliphatic carbocycles. The predicted octanol–water partition coefficient (Wildman–Crippen LogP) is 2.06. The van der Waals surface area contributed by atoms with E-state index in [-0.39, 0.29) is 11.9 Å². The molecule has 0 aromatic heterocycles. The normalized spacial score (nSPS) is 19.6. The van der Waals surface area contributed by atoms with Crippen LogP contribution in [0.15, 0.2) is 29.3 Å². The molecule has 73 valence electrons. The van der Waals surface area contributed by atoms with Crippen molar-refractivity contribution in [1.29, 1.82) is 0 Å². The maximum Gasteiger partial charge on any atom is 0.273 e. The summed E-state index contributed by atoms with van der Waals surface area (Å²) in [6, 6.07) is 6.98. The van der Waals surface area contributed by atoms with Gasteiger partial charge >= 0.3 is 0 Å². The molecule has 2 nitrogen and oxygen atoms in total. The van der Waals surface area contributed by atoms with Gasteiger partial charge in [-0.25, -0.2) is 9.38 Å². The topological polar surface area (TPSA) is 21.6 Å². The molecule has 0 N–H and O–H groups in total. The number of hydrogen-bond acceptors (Lipinski definition) is 2. The zero-order chi connectivity index (χ0) is 9.80. The van der Waals surface area contributed by atoms with Crippen molar-refractivity contribution in [1.82, 2.24) is 0 Å². The molecule has 2 rings (SSSR count). The zero-order valence-electron chi connectivity index (χ0n) is 7.74. The van der Waals surface area contributed by atoms with Gasteiger partial charge in [-0.1, -0.05) is 18.2 Å². The lowest BCUT2D eigenvalue weighted by molar-refractivity contribution is 0.321. The standard InChI is InChI=1S/C11H11FNO/c12-11-4-2-1-3-9(11)5-6-10-7-14-8-13-10/h1-4,10H,5-7H2. The molecule has 3 heteroatoms. The second-order valence-electron chi connectivity index (χ2n) is 3.32. The fraction of sp³-hybridized carbons (Fsp3) is 0.364. The molecule has 1 aliphatic rings. The van der Waals surface area contributed by atoms with Crippen molar-refractivity contribution in [3.63, 3.8) is 0 Å². The molecule has 1 aromatic rings. The van der Waals surface area contributed by atoms with Crippen LogP contribution in [-0.4, -0.2) is 19.0 Å². The quantitative estimate of drug-likeness (QED) is 0.718. The van der Waals surface area contributed by atoms with Crippen LogP contribution in [0.25, 0.3) is 0 Å². The van der Waals surface area contributed by atoms with Crippen LogP contribution >= 0.6 is 0 Å². The molecule has 1 radical (unpaired) electrons. The molecule has 0 fully saturated rings. The van der Waals surface area contributed by atoms with E-state index in [1.165, 1.54) is 6.07 Å². The Morgan fingerprint density at radius 1 is 1.50 bits per heavy atom. The van der Waals surface area contributed by atoms with Gasteiger partial charge in [0.05, 0.1) is 6.04 Å². The lowest BCUT2D eigenvalue weighted by Crippen LogP contribution is -2.08. The Kier molecular flexibility index (Phi) is 2.77. The van der Waals surface area contributed by atoms with E-state index in [4.69, 9.17) is 4.74 Å². The summed E-state index contributed by atoms with van der Waals surface area (Å²) in [5, 5.41) is 0. The summed E-state index contributed by atoms with van der Waals surface area (Å²) < 4.78 is 18.1. The van der Waals surface area contributed by atoms with Crippen molar-refractivity contribution in [2.24, 2.45) is 4.99 Å². The Morgan fingerprint density at radius 2 is 2.36 bits per heavy atom. The Bertz CT molecular complexity index is 338. The number of nitrogens with zero attached hydrogens (tertiary/aromatic N) is 1. The minimum absolute atomic E-state index is 0.139. The molecular formula is C11H11FNO. The average Bonchev–Trinajstić information content (AvgIpc) is 2.69. The van der Waals surface area contributed by atoms with Crippen molar-refractivity contribution < 1.29 is 9.13 Å². The monoisotopic (exact) mass is 192 g/mol. The number of aliphatic imine (C=N–C) groups is 1. The van der Waals surface area contributed by atoms with Gasteiger partial charge in [-0.2, -0.15) is 0 Å². The highest BCUT2D eigenvalue weighted by molar-refractivity contribution is 5.48. The Morgan fingerprint density at radius 3 is 3.07 bits per heavy atom. The maximum atomic E-state index is 13.2. The maximum absolute atomic E-state index is 13.2. The first-order chi connectivity index (χ1) is 6.86. The van der Waals surface area contributed by atoms with Crippen LogP contribution in [0.4, 0.5) is 4.39 Å². The molecule has 1 aromatic carbocycles. The number of benzene rings is 1. The van der Waals surface area contributed by atoms with Crippen molar-refractivity contribution in [3.05, 3.63) is 35.6 Å². The number of ether oxygens (including phenoxy) is 1. The van der Waals surface area contributed by atoms with Crippen molar-refractivity contribution in [2.45, 2.75) is 18.9 Å². The first kappa shape index (κ1) is 9.19. The first-order valence-electron chi connectivity index (χ1n) is 4.66. The Hall–Kier alpha value is -1.38. The molecule has 0 bridgehead atoms. The van der Waals surface area contributed by atoms with Gasteiger partial charge in [0.1, 0.15) is 12.4 Å². The van der Waals surface area contributed by atoms with Gasteiger partial charge in [0, 0.05) is 0 Å². The van der Waals surface area contributed by atoms with E-state index in [1.807, 2.05) is 6.07 Å². The van der Waals surface area contributed by atoms with E-state index in [9.17, 15) is 4.39 Å². The second-order valence-corrected chi connectivity index (χ2v) is 3.32. The molecule has 0 saturated heterocycles. The molecule has 0 saturated carbocycles. The third-order valence-corrected chi connectivity index (χ3v) is 2.28. The minimum atomic E-state index is -0.139. The summed E-state index contributed by atoms with van der Waals surface area (Å²) in [5.74, 6) is -0.139. The number of halogens is 1. The molecule has 14 heavy (non-hydrogen) atoms. The largest absolute Gasteiger partial charge is 0.472 e. The van der Waals surface area contributed by atoms with Crippen LogP contribution in [0.3, 0.4) is 0 Å². The van der Waals surface area contributed by atoms with Gasteiger partial charge in [0.2, 0.25) is 0 Å². The van der Waals surface area contributed by atoms with Crippen LogP contribution < -0.4 is 0 Å². The zero-order valence-corrected chi connectivity index (χ0v) is 7.74. The third kappa shape index (κ3) is 2.10. The smallest absolute Gasteiger partial charge is 0.273 e. The van der Waals surface area contributed by atoms with E-state index >= 15 is 0 Å². The van der Waals surface area contributed by atoms with Crippen LogP contribution in [0.1, 0.15) is 12.0 Å². The molecule has 1 aliphatic heterocycles. The molecule has 1 heterocycles. The summed E-state index contributed by atoms with van der Waals surface area (Å²) in [4.78, 5) is 3.99. The summed E-state index contributed by atoms with van der Waals surface area (Å²) in [6.45, 7) is 0.578. The van der Waals surface area contributed by atoms with E-state index in [1.54, 1.807) is 12.1 Å². The highest BCUT2D eigenvalue weighted by Crippen LogP contribution is 2.13. The summed E-state index contributed by atoms with van der Waals surface area (Å²) in [7, 11) is 0. The van der Waals surface area contributed by atoms with Crippen LogP contribution in [0, 0.1) is 5.82 Å². The van der Waals surface area contributed by atoms with Gasteiger partial charge in [0.25, 0.3) is 6.40 Å². The fourth-order valence-corrected chi connectivity index (χ4v) is 1.45. The van der Waals surface area contributed by atoms with E-state index in [2.05, 4.69) is 11.4 Å². The van der Waals surface area contributed by atoms with Crippen LogP contribution in [0.5, 0.6) is 0 Å². The van der Waals surface area contributed by atoms with Crippen molar-refractivity contribution >= 4 is 6.40 Å². The second kappa shape index (κ2) is 4.22. The van der Waals surface area contributed by atoms with Crippen molar-refractivity contribution in [3.8, 4) is 0 Å². The first-order valence-corrected chi connectivity index (χ1v) is 4.66. The summed E-state index contributed by atoms with van der Waals surface area (Å²) >= 11 is 0. The lowest BCUT2D eigenvalue weighted by Gasteiger charge is -2.05. The molecule has 0 amide bonds. The highest BCUT2D eigenvalue weighted by Gasteiger charge is 2.12. The van der Waals surface area contributed by atoms with Gasteiger partial charge in [0.15, 0.2) is 0 Å². The number of rotatable bonds is 3. The average molecular weight is 192 g/mol. The Labute approximate surface area is 82.4 Å². The molecule has 1 atom stereocenters. The number of aryl methyl sites for hydroxylation is 1. The van der Waals surface area contributed by atoms with Crippen LogP contribution in [-0.2, 0) is 11.2 Å². The summed E-state index contributed by atoms with van der Waals surface area (Å²) in [6.07, 6.45) is 3.97. The van der Waals surface area contributed by atoms with E-state index in [0.29, 0.717) is 13.0 Å². The van der Waals surface area contributed by atoms with Gasteiger partial charge in [-0.3, -0.25) is 0 Å².